The molecule has 0 unspecified atom stereocenters. The van der Waals surface area contributed by atoms with E-state index in [1.165, 1.54) is 0 Å². The molecule has 1 N–H and O–H groups in total. The van der Waals surface area contributed by atoms with E-state index in [1.54, 1.807) is 25.3 Å². The second-order valence-corrected chi connectivity index (χ2v) is 3.55. The Balaban J connectivity index is 2.84. The standard InChI is InChI=1S/C13H19NO3/c1-4-8-14-13(15)10-6-7-11(17-5-2)12(9-10)16-3/h6-7,9H,4-5,8H2,1-3H3,(H,14,15). The molecule has 17 heavy (non-hydrogen) atoms. The second-order valence-electron chi connectivity index (χ2n) is 3.55. The second kappa shape index (κ2) is 6.78. The van der Waals surface area contributed by atoms with Gasteiger partial charge in [-0.1, -0.05) is 6.92 Å². The summed E-state index contributed by atoms with van der Waals surface area (Å²) in [5, 5.41) is 2.82. The van der Waals surface area contributed by atoms with Crippen LogP contribution in [-0.4, -0.2) is 26.2 Å². The highest BCUT2D eigenvalue weighted by Crippen LogP contribution is 2.27. The number of methoxy groups -OCH3 is 1. The number of amides is 1. The van der Waals surface area contributed by atoms with Gasteiger partial charge in [0, 0.05) is 12.1 Å². The lowest BCUT2D eigenvalue weighted by Gasteiger charge is -2.10. The largest absolute Gasteiger partial charge is 0.493 e. The fourth-order valence-electron chi connectivity index (χ4n) is 1.42. The molecule has 4 heteroatoms. The van der Waals surface area contributed by atoms with Crippen LogP contribution >= 0.6 is 0 Å². The SMILES string of the molecule is CCCNC(=O)c1ccc(OCC)c(OC)c1. The topological polar surface area (TPSA) is 47.6 Å². The summed E-state index contributed by atoms with van der Waals surface area (Å²) in [7, 11) is 1.56. The molecule has 0 fully saturated rings. The number of ether oxygens (including phenoxy) is 2. The van der Waals surface area contributed by atoms with Crippen LogP contribution in [0.5, 0.6) is 11.5 Å². The van der Waals surface area contributed by atoms with Crippen LogP contribution in [0.25, 0.3) is 0 Å². The summed E-state index contributed by atoms with van der Waals surface area (Å²) in [6.45, 7) is 5.16. The van der Waals surface area contributed by atoms with E-state index in [2.05, 4.69) is 5.32 Å². The van der Waals surface area contributed by atoms with Gasteiger partial charge in [0.05, 0.1) is 13.7 Å². The zero-order valence-electron chi connectivity index (χ0n) is 10.6. The quantitative estimate of drug-likeness (QED) is 0.825. The minimum absolute atomic E-state index is 0.0896. The lowest BCUT2D eigenvalue weighted by molar-refractivity contribution is 0.0953. The highest BCUT2D eigenvalue weighted by Gasteiger charge is 2.10. The number of carbonyl (C=O) groups is 1. The third kappa shape index (κ3) is 3.66. The third-order valence-corrected chi connectivity index (χ3v) is 2.26. The van der Waals surface area contributed by atoms with Crippen molar-refractivity contribution in [3.63, 3.8) is 0 Å². The van der Waals surface area contributed by atoms with Crippen LogP contribution in [0.2, 0.25) is 0 Å². The Labute approximate surface area is 102 Å². The number of hydrogen-bond donors (Lipinski definition) is 1. The Bertz CT molecular complexity index is 377. The van der Waals surface area contributed by atoms with Gasteiger partial charge in [-0.25, -0.2) is 0 Å². The van der Waals surface area contributed by atoms with E-state index >= 15 is 0 Å². The first-order valence-corrected chi connectivity index (χ1v) is 5.82. The summed E-state index contributed by atoms with van der Waals surface area (Å²) < 4.78 is 10.6. The van der Waals surface area contributed by atoms with E-state index in [9.17, 15) is 4.79 Å². The van der Waals surface area contributed by atoms with Gasteiger partial charge >= 0.3 is 0 Å². The molecule has 0 atom stereocenters. The number of benzene rings is 1. The molecule has 0 saturated carbocycles. The van der Waals surface area contributed by atoms with E-state index in [1.807, 2.05) is 13.8 Å². The van der Waals surface area contributed by atoms with Gasteiger partial charge in [-0.05, 0) is 31.5 Å². The van der Waals surface area contributed by atoms with Crippen molar-refractivity contribution in [2.75, 3.05) is 20.3 Å². The normalized spacial score (nSPS) is 9.82. The van der Waals surface area contributed by atoms with Crippen molar-refractivity contribution in [3.8, 4) is 11.5 Å². The fourth-order valence-corrected chi connectivity index (χ4v) is 1.42. The predicted molar refractivity (Wildman–Crippen MR) is 66.8 cm³/mol. The number of carbonyl (C=O) groups excluding carboxylic acids is 1. The van der Waals surface area contributed by atoms with Crippen LogP contribution in [0, 0.1) is 0 Å². The van der Waals surface area contributed by atoms with Crippen molar-refractivity contribution in [3.05, 3.63) is 23.8 Å². The van der Waals surface area contributed by atoms with E-state index < -0.39 is 0 Å². The fraction of sp³-hybridized carbons (Fsp3) is 0.462. The van der Waals surface area contributed by atoms with Gasteiger partial charge in [0.25, 0.3) is 5.91 Å². The van der Waals surface area contributed by atoms with Gasteiger partial charge in [-0.3, -0.25) is 4.79 Å². The Kier molecular flexibility index (Phi) is 5.33. The van der Waals surface area contributed by atoms with Crippen LogP contribution in [-0.2, 0) is 0 Å². The maximum absolute atomic E-state index is 11.7. The Morgan fingerprint density at radius 1 is 1.29 bits per heavy atom. The van der Waals surface area contributed by atoms with Crippen LogP contribution in [0.4, 0.5) is 0 Å². The van der Waals surface area contributed by atoms with Crippen molar-refractivity contribution < 1.29 is 14.3 Å². The first-order chi connectivity index (χ1) is 8.22. The molecule has 1 aromatic carbocycles. The Morgan fingerprint density at radius 3 is 2.65 bits per heavy atom. The first kappa shape index (κ1) is 13.4. The molecule has 0 aromatic heterocycles. The maximum atomic E-state index is 11.7. The molecule has 0 radical (unpaired) electrons. The van der Waals surface area contributed by atoms with Crippen molar-refractivity contribution in [1.82, 2.24) is 5.32 Å². The zero-order chi connectivity index (χ0) is 12.7. The average molecular weight is 237 g/mol. The summed E-state index contributed by atoms with van der Waals surface area (Å²) in [5.41, 5.74) is 0.582. The van der Waals surface area contributed by atoms with Gasteiger partial charge in [0.2, 0.25) is 0 Å². The molecule has 4 nitrogen and oxygen atoms in total. The minimum Gasteiger partial charge on any atom is -0.493 e. The van der Waals surface area contributed by atoms with Gasteiger partial charge in [0.1, 0.15) is 0 Å². The van der Waals surface area contributed by atoms with E-state index in [0.29, 0.717) is 30.2 Å². The molecule has 0 saturated heterocycles. The van der Waals surface area contributed by atoms with Crippen molar-refractivity contribution in [2.24, 2.45) is 0 Å². The van der Waals surface area contributed by atoms with Gasteiger partial charge in [-0.2, -0.15) is 0 Å². The molecule has 0 aliphatic heterocycles. The summed E-state index contributed by atoms with van der Waals surface area (Å²) >= 11 is 0. The molecule has 1 rings (SSSR count). The molecule has 1 aromatic rings. The zero-order valence-corrected chi connectivity index (χ0v) is 10.6. The maximum Gasteiger partial charge on any atom is 0.251 e. The third-order valence-electron chi connectivity index (χ3n) is 2.26. The molecule has 0 bridgehead atoms. The molecule has 0 heterocycles. The Morgan fingerprint density at radius 2 is 2.06 bits per heavy atom. The smallest absolute Gasteiger partial charge is 0.251 e. The molecule has 1 amide bonds. The monoisotopic (exact) mass is 237 g/mol. The van der Waals surface area contributed by atoms with Crippen molar-refractivity contribution in [1.29, 1.82) is 0 Å². The summed E-state index contributed by atoms with van der Waals surface area (Å²) in [5.74, 6) is 1.14. The van der Waals surface area contributed by atoms with E-state index in [-0.39, 0.29) is 5.91 Å². The van der Waals surface area contributed by atoms with Gasteiger partial charge < -0.3 is 14.8 Å². The van der Waals surface area contributed by atoms with Gasteiger partial charge in [0.15, 0.2) is 11.5 Å². The van der Waals surface area contributed by atoms with Crippen molar-refractivity contribution >= 4 is 5.91 Å². The summed E-state index contributed by atoms with van der Waals surface area (Å²) in [4.78, 5) is 11.7. The van der Waals surface area contributed by atoms with Crippen LogP contribution in [0.3, 0.4) is 0 Å². The average Bonchev–Trinajstić information content (AvgIpc) is 2.36. The summed E-state index contributed by atoms with van der Waals surface area (Å²) in [6.07, 6.45) is 0.917. The molecular formula is C13H19NO3. The molecular weight excluding hydrogens is 218 g/mol. The predicted octanol–water partition coefficient (Wildman–Crippen LogP) is 2.23. The number of nitrogens with one attached hydrogen (secondary N) is 1. The molecule has 94 valence electrons. The summed E-state index contributed by atoms with van der Waals surface area (Å²) in [6, 6.07) is 5.18. The molecule has 0 aliphatic rings. The number of hydrogen-bond acceptors (Lipinski definition) is 3. The highest BCUT2D eigenvalue weighted by atomic mass is 16.5. The van der Waals surface area contributed by atoms with Crippen LogP contribution in [0.15, 0.2) is 18.2 Å². The molecule has 0 spiro atoms. The minimum atomic E-state index is -0.0896. The van der Waals surface area contributed by atoms with Crippen molar-refractivity contribution in [2.45, 2.75) is 20.3 Å². The van der Waals surface area contributed by atoms with Gasteiger partial charge in [-0.15, -0.1) is 0 Å². The molecule has 0 aliphatic carbocycles. The number of rotatable bonds is 6. The highest BCUT2D eigenvalue weighted by molar-refractivity contribution is 5.94. The lowest BCUT2D eigenvalue weighted by atomic mass is 10.2. The Hall–Kier alpha value is -1.71. The van der Waals surface area contributed by atoms with Crippen LogP contribution < -0.4 is 14.8 Å². The lowest BCUT2D eigenvalue weighted by Crippen LogP contribution is -2.23. The van der Waals surface area contributed by atoms with E-state index in [4.69, 9.17) is 9.47 Å². The first-order valence-electron chi connectivity index (χ1n) is 5.82. The van der Waals surface area contributed by atoms with Crippen LogP contribution in [0.1, 0.15) is 30.6 Å². The van der Waals surface area contributed by atoms with E-state index in [0.717, 1.165) is 6.42 Å².